The summed E-state index contributed by atoms with van der Waals surface area (Å²) in [5.41, 5.74) is 7.22. The van der Waals surface area contributed by atoms with Crippen molar-refractivity contribution < 1.29 is 28.1 Å². The number of nitrogens with zero attached hydrogens (tertiary/aromatic N) is 1. The monoisotopic (exact) mass is 623 g/mol. The van der Waals surface area contributed by atoms with Gasteiger partial charge < -0.3 is 29.0 Å². The van der Waals surface area contributed by atoms with Gasteiger partial charge in [0, 0.05) is 30.8 Å². The molecule has 0 bridgehead atoms. The van der Waals surface area contributed by atoms with Crippen molar-refractivity contribution in [2.45, 2.75) is 26.0 Å². The Balaban J connectivity index is 0.821. The third-order valence-corrected chi connectivity index (χ3v) is 7.58. The van der Waals surface area contributed by atoms with E-state index in [1.54, 1.807) is 12.1 Å². The van der Waals surface area contributed by atoms with E-state index in [0.29, 0.717) is 33.0 Å². The summed E-state index contributed by atoms with van der Waals surface area (Å²) < 4.78 is 41.3. The summed E-state index contributed by atoms with van der Waals surface area (Å²) in [7, 11) is 0. The maximum atomic E-state index is 13.1. The number of H-pyrrole nitrogens is 1. The van der Waals surface area contributed by atoms with Crippen LogP contribution in [-0.4, -0.2) is 50.0 Å². The highest BCUT2D eigenvalue weighted by Gasteiger charge is 2.15. The van der Waals surface area contributed by atoms with Gasteiger partial charge in [0.05, 0.1) is 31.2 Å². The summed E-state index contributed by atoms with van der Waals surface area (Å²) in [5, 5.41) is 11.1. The van der Waals surface area contributed by atoms with Gasteiger partial charge in [-0.3, -0.25) is 5.10 Å². The Morgan fingerprint density at radius 3 is 2.48 bits per heavy atom. The molecule has 2 N–H and O–H groups in total. The molecule has 0 fully saturated rings. The molecule has 4 aromatic carbocycles. The van der Waals surface area contributed by atoms with Crippen molar-refractivity contribution in [2.75, 3.05) is 39.8 Å². The van der Waals surface area contributed by atoms with E-state index in [1.165, 1.54) is 17.7 Å². The number of hydrogen-bond acceptors (Lipinski definition) is 7. The van der Waals surface area contributed by atoms with E-state index in [2.05, 4.69) is 51.9 Å². The average molecular weight is 624 g/mol. The highest BCUT2D eigenvalue weighted by atomic mass is 19.1. The van der Waals surface area contributed by atoms with Crippen molar-refractivity contribution >= 4 is 0 Å². The van der Waals surface area contributed by atoms with E-state index >= 15 is 0 Å². The molecule has 0 saturated heterocycles. The molecule has 0 atom stereocenters. The predicted octanol–water partition coefficient (Wildman–Crippen LogP) is 6.95. The van der Waals surface area contributed by atoms with Gasteiger partial charge in [0.15, 0.2) is 11.5 Å². The molecule has 0 saturated carbocycles. The molecule has 0 radical (unpaired) electrons. The first kappa shape index (κ1) is 31.3. The van der Waals surface area contributed by atoms with Crippen LogP contribution in [0.5, 0.6) is 17.2 Å². The summed E-state index contributed by atoms with van der Waals surface area (Å²) in [6, 6.07) is 30.7. The van der Waals surface area contributed by atoms with Crippen LogP contribution in [0.4, 0.5) is 4.39 Å². The van der Waals surface area contributed by atoms with E-state index < -0.39 is 0 Å². The summed E-state index contributed by atoms with van der Waals surface area (Å²) in [4.78, 5) is 0. The molecule has 0 spiro atoms. The molecule has 0 aliphatic carbocycles. The number of benzene rings is 4. The number of aromatic nitrogens is 2. The van der Waals surface area contributed by atoms with Crippen LogP contribution < -0.4 is 19.5 Å². The van der Waals surface area contributed by atoms with Crippen molar-refractivity contribution in [3.8, 4) is 39.8 Å². The third-order valence-electron chi connectivity index (χ3n) is 7.58. The third kappa shape index (κ3) is 8.94. The quantitative estimate of drug-likeness (QED) is 0.109. The van der Waals surface area contributed by atoms with Crippen LogP contribution in [-0.2, 0) is 29.0 Å². The van der Waals surface area contributed by atoms with Crippen molar-refractivity contribution in [3.05, 3.63) is 120 Å². The largest absolute Gasteiger partial charge is 0.489 e. The molecule has 9 heteroatoms. The lowest BCUT2D eigenvalue weighted by molar-refractivity contribution is 0.0480. The molecule has 2 heterocycles. The van der Waals surface area contributed by atoms with Crippen LogP contribution in [0, 0.1) is 5.82 Å². The van der Waals surface area contributed by atoms with E-state index in [1.807, 2.05) is 36.4 Å². The maximum Gasteiger partial charge on any atom is 0.231 e. The fraction of sp³-hybridized carbons (Fsp3) is 0.270. The summed E-state index contributed by atoms with van der Waals surface area (Å²) >= 11 is 0. The average Bonchev–Trinajstić information content (AvgIpc) is 3.78. The first-order valence-corrected chi connectivity index (χ1v) is 15.6. The second-order valence-corrected chi connectivity index (χ2v) is 11.0. The first-order valence-electron chi connectivity index (χ1n) is 15.6. The Morgan fingerprint density at radius 2 is 1.57 bits per heavy atom. The normalized spacial score (nSPS) is 12.0. The van der Waals surface area contributed by atoms with Crippen molar-refractivity contribution in [1.29, 1.82) is 0 Å². The minimum absolute atomic E-state index is 0.247. The Hall–Kier alpha value is -4.70. The lowest BCUT2D eigenvalue weighted by Crippen LogP contribution is -2.20. The van der Waals surface area contributed by atoms with Crippen molar-refractivity contribution in [3.63, 3.8) is 0 Å². The molecular formula is C37H38FN3O5. The summed E-state index contributed by atoms with van der Waals surface area (Å²) in [6.07, 6.45) is 1.86. The van der Waals surface area contributed by atoms with E-state index in [9.17, 15) is 4.39 Å². The molecule has 46 heavy (non-hydrogen) atoms. The molecule has 0 amide bonds. The van der Waals surface area contributed by atoms with Crippen LogP contribution in [0.2, 0.25) is 0 Å². The summed E-state index contributed by atoms with van der Waals surface area (Å²) in [6.45, 7) is 4.55. The number of fused-ring (bicyclic) bond motifs is 1. The van der Waals surface area contributed by atoms with E-state index in [-0.39, 0.29) is 12.6 Å². The molecule has 6 rings (SSSR count). The molecule has 1 aromatic heterocycles. The fourth-order valence-electron chi connectivity index (χ4n) is 5.14. The van der Waals surface area contributed by atoms with Gasteiger partial charge in [0.1, 0.15) is 18.2 Å². The zero-order chi connectivity index (χ0) is 31.4. The highest BCUT2D eigenvalue weighted by Crippen LogP contribution is 2.36. The van der Waals surface area contributed by atoms with Gasteiger partial charge in [0.2, 0.25) is 6.79 Å². The highest BCUT2D eigenvalue weighted by molar-refractivity contribution is 5.70. The van der Waals surface area contributed by atoms with Gasteiger partial charge in [-0.05, 0) is 84.1 Å². The lowest BCUT2D eigenvalue weighted by Gasteiger charge is -2.10. The fourth-order valence-corrected chi connectivity index (χ4v) is 5.14. The van der Waals surface area contributed by atoms with Crippen LogP contribution in [0.15, 0.2) is 97.1 Å². The number of halogens is 1. The number of aromatic amines is 1. The summed E-state index contributed by atoms with van der Waals surface area (Å²) in [5.74, 6) is 2.06. The van der Waals surface area contributed by atoms with Gasteiger partial charge in [-0.1, -0.05) is 42.5 Å². The molecular weight excluding hydrogens is 585 g/mol. The van der Waals surface area contributed by atoms with Crippen molar-refractivity contribution in [1.82, 2.24) is 15.5 Å². The van der Waals surface area contributed by atoms with Gasteiger partial charge in [0.25, 0.3) is 0 Å². The Bertz CT molecular complexity index is 1690. The number of nitrogens with one attached hydrogen (secondary N) is 2. The van der Waals surface area contributed by atoms with Gasteiger partial charge in [-0.25, -0.2) is 4.39 Å². The molecule has 238 valence electrons. The van der Waals surface area contributed by atoms with Crippen LogP contribution >= 0.6 is 0 Å². The molecule has 1 aliphatic heterocycles. The van der Waals surface area contributed by atoms with E-state index in [0.717, 1.165) is 76.8 Å². The number of hydrogen-bond donors (Lipinski definition) is 2. The molecule has 0 unspecified atom stereocenters. The number of ether oxygens (including phenoxy) is 5. The molecule has 5 aromatic rings. The topological polar surface area (TPSA) is 86.9 Å². The van der Waals surface area contributed by atoms with Gasteiger partial charge in [-0.2, -0.15) is 5.10 Å². The first-order chi connectivity index (χ1) is 22.7. The molecule has 8 nitrogen and oxygen atoms in total. The van der Waals surface area contributed by atoms with Crippen LogP contribution in [0.25, 0.3) is 22.5 Å². The SMILES string of the molecule is Fc1ccc(COc2cccc(CNCCOCCOCCCc3cccc(-c4cc(-c5ccc6c(c5)OCO6)[nH]n4)c3)c2)cc1. The van der Waals surface area contributed by atoms with Crippen LogP contribution in [0.3, 0.4) is 0 Å². The van der Waals surface area contributed by atoms with Gasteiger partial charge >= 0.3 is 0 Å². The lowest BCUT2D eigenvalue weighted by atomic mass is 10.0. The minimum Gasteiger partial charge on any atom is -0.489 e. The smallest absolute Gasteiger partial charge is 0.231 e. The molecule has 1 aliphatic rings. The standard InChI is InChI=1S/C37H38FN3O5/c38-32-12-9-28(10-13-32)25-44-33-8-2-5-29(21-33)24-39-15-17-43-19-18-42-16-3-6-27-4-1-7-30(20-27)34-23-35(41-40-34)31-11-14-36-37(22-31)46-26-45-36/h1-2,4-5,7-14,20-23,39H,3,6,15-19,24-26H2,(H,40,41). The second-order valence-electron chi connectivity index (χ2n) is 11.0. The van der Waals surface area contributed by atoms with Crippen molar-refractivity contribution in [2.24, 2.45) is 0 Å². The van der Waals surface area contributed by atoms with Crippen LogP contribution in [0.1, 0.15) is 23.1 Å². The zero-order valence-electron chi connectivity index (χ0n) is 25.7. The number of aryl methyl sites for hydroxylation is 1. The predicted molar refractivity (Wildman–Crippen MR) is 174 cm³/mol. The Morgan fingerprint density at radius 1 is 0.739 bits per heavy atom. The Labute approximate surface area is 268 Å². The second kappa shape index (κ2) is 16.0. The Kier molecular flexibility index (Phi) is 10.9. The minimum atomic E-state index is -0.247. The number of rotatable bonds is 17. The van der Waals surface area contributed by atoms with Gasteiger partial charge in [-0.15, -0.1) is 0 Å². The van der Waals surface area contributed by atoms with E-state index in [4.69, 9.17) is 23.7 Å². The zero-order valence-corrected chi connectivity index (χ0v) is 25.7. The maximum absolute atomic E-state index is 13.1.